The van der Waals surface area contributed by atoms with Gasteiger partial charge < -0.3 is 10.1 Å². The fraction of sp³-hybridized carbons (Fsp3) is 0.529. The van der Waals surface area contributed by atoms with Gasteiger partial charge in [-0.2, -0.15) is 0 Å². The van der Waals surface area contributed by atoms with Gasteiger partial charge in [-0.1, -0.05) is 23.1 Å². The minimum Gasteiger partial charge on any atom is -0.459 e. The molecule has 0 fully saturated rings. The maximum Gasteiger partial charge on any atom is 0.341 e. The fourth-order valence-electron chi connectivity index (χ4n) is 2.77. The van der Waals surface area contributed by atoms with Crippen LogP contribution in [0.4, 0.5) is 5.00 Å². The number of thioether (sulfide) groups is 1. The number of amides is 1. The molecule has 140 valence electrons. The van der Waals surface area contributed by atoms with Gasteiger partial charge in [0.15, 0.2) is 4.34 Å². The van der Waals surface area contributed by atoms with Crippen LogP contribution in [-0.2, 0) is 22.4 Å². The number of nitrogens with one attached hydrogen (secondary N) is 1. The van der Waals surface area contributed by atoms with Crippen LogP contribution in [0.25, 0.3) is 0 Å². The number of anilines is 1. The summed E-state index contributed by atoms with van der Waals surface area (Å²) >= 11 is 4.32. The quantitative estimate of drug-likeness (QED) is 0.570. The molecule has 1 N–H and O–H groups in total. The monoisotopic (exact) mass is 411 g/mol. The lowest BCUT2D eigenvalue weighted by Gasteiger charge is -2.14. The topological polar surface area (TPSA) is 81.2 Å². The number of ether oxygens (including phenoxy) is 1. The van der Waals surface area contributed by atoms with Crippen molar-refractivity contribution in [1.29, 1.82) is 0 Å². The van der Waals surface area contributed by atoms with Gasteiger partial charge in [0, 0.05) is 4.88 Å². The van der Waals surface area contributed by atoms with Crippen molar-refractivity contribution < 1.29 is 14.3 Å². The van der Waals surface area contributed by atoms with E-state index in [1.165, 1.54) is 39.3 Å². The van der Waals surface area contributed by atoms with Crippen molar-refractivity contribution in [2.75, 3.05) is 11.1 Å². The molecule has 6 nitrogen and oxygen atoms in total. The Bertz CT molecular complexity index is 814. The summed E-state index contributed by atoms with van der Waals surface area (Å²) in [5.74, 6) is -0.266. The maximum absolute atomic E-state index is 12.6. The summed E-state index contributed by atoms with van der Waals surface area (Å²) in [7, 11) is 0. The number of carbonyl (C=O) groups excluding carboxylic acids is 2. The summed E-state index contributed by atoms with van der Waals surface area (Å²) in [5.41, 5.74) is 1.60. The van der Waals surface area contributed by atoms with Crippen LogP contribution in [0.2, 0.25) is 0 Å². The van der Waals surface area contributed by atoms with Gasteiger partial charge in [0.25, 0.3) is 0 Å². The minimum absolute atomic E-state index is 0.153. The van der Waals surface area contributed by atoms with Crippen LogP contribution in [0.5, 0.6) is 0 Å². The van der Waals surface area contributed by atoms with Gasteiger partial charge in [0.05, 0.1) is 17.4 Å². The van der Waals surface area contributed by atoms with Crippen molar-refractivity contribution in [1.82, 2.24) is 10.2 Å². The minimum atomic E-state index is -0.345. The molecule has 0 saturated carbocycles. The number of aromatic nitrogens is 2. The van der Waals surface area contributed by atoms with Gasteiger partial charge in [0.2, 0.25) is 5.91 Å². The molecule has 2 heterocycles. The number of hydrogen-bond donors (Lipinski definition) is 1. The summed E-state index contributed by atoms with van der Waals surface area (Å²) in [6.07, 6.45) is 3.80. The van der Waals surface area contributed by atoms with Gasteiger partial charge >= 0.3 is 5.97 Å². The highest BCUT2D eigenvalue weighted by Crippen LogP contribution is 2.39. The number of hydrogen-bond acceptors (Lipinski definition) is 8. The first-order chi connectivity index (χ1) is 12.4. The van der Waals surface area contributed by atoms with E-state index >= 15 is 0 Å². The van der Waals surface area contributed by atoms with Crippen LogP contribution in [0.3, 0.4) is 0 Å². The number of esters is 1. The van der Waals surface area contributed by atoms with Crippen molar-refractivity contribution in [3.05, 3.63) is 21.0 Å². The first-order valence-electron chi connectivity index (χ1n) is 8.52. The molecule has 0 unspecified atom stereocenters. The lowest BCUT2D eigenvalue weighted by Crippen LogP contribution is -2.18. The second-order valence-electron chi connectivity index (χ2n) is 6.29. The Kier molecular flexibility index (Phi) is 6.31. The molecule has 2 aromatic rings. The predicted molar refractivity (Wildman–Crippen MR) is 106 cm³/mol. The van der Waals surface area contributed by atoms with E-state index in [1.807, 2.05) is 20.8 Å². The molecule has 26 heavy (non-hydrogen) atoms. The highest BCUT2D eigenvalue weighted by molar-refractivity contribution is 8.01. The number of nitrogens with zero attached hydrogens (tertiary/aromatic N) is 2. The van der Waals surface area contributed by atoms with Crippen LogP contribution < -0.4 is 5.32 Å². The largest absolute Gasteiger partial charge is 0.459 e. The average molecular weight is 412 g/mol. The molecule has 9 heteroatoms. The summed E-state index contributed by atoms with van der Waals surface area (Å²) in [6, 6.07) is 0. The third kappa shape index (κ3) is 4.63. The van der Waals surface area contributed by atoms with Crippen molar-refractivity contribution >= 4 is 51.3 Å². The number of carbonyl (C=O) groups is 2. The average Bonchev–Trinajstić information content (AvgIpc) is 3.15. The molecule has 0 atom stereocenters. The van der Waals surface area contributed by atoms with Gasteiger partial charge in [-0.15, -0.1) is 21.5 Å². The summed E-state index contributed by atoms with van der Waals surface area (Å²) < 4.78 is 6.18. The smallest absolute Gasteiger partial charge is 0.341 e. The molecule has 1 aliphatic carbocycles. The van der Waals surface area contributed by atoms with Crippen molar-refractivity contribution in [2.45, 2.75) is 56.9 Å². The highest BCUT2D eigenvalue weighted by atomic mass is 32.2. The van der Waals surface area contributed by atoms with Crippen molar-refractivity contribution in [3.63, 3.8) is 0 Å². The molecule has 3 rings (SSSR count). The zero-order chi connectivity index (χ0) is 18.7. The Hall–Kier alpha value is -1.45. The Labute approximate surface area is 164 Å². The number of aryl methyl sites for hydroxylation is 2. The zero-order valence-corrected chi connectivity index (χ0v) is 17.4. The van der Waals surface area contributed by atoms with E-state index in [0.717, 1.165) is 40.6 Å². The van der Waals surface area contributed by atoms with E-state index in [9.17, 15) is 9.59 Å². The van der Waals surface area contributed by atoms with Gasteiger partial charge in [-0.25, -0.2) is 4.79 Å². The normalized spacial score (nSPS) is 13.5. The third-order valence-corrected chi connectivity index (χ3v) is 6.98. The molecule has 2 aromatic heterocycles. The van der Waals surface area contributed by atoms with Crippen LogP contribution in [0.15, 0.2) is 4.34 Å². The molecule has 1 amide bonds. The Morgan fingerprint density at radius 2 is 2.00 bits per heavy atom. The fourth-order valence-corrected chi connectivity index (χ4v) is 5.68. The van der Waals surface area contributed by atoms with E-state index in [-0.39, 0.29) is 23.7 Å². The molecule has 0 aromatic carbocycles. The van der Waals surface area contributed by atoms with Crippen LogP contribution >= 0.6 is 34.4 Å². The lowest BCUT2D eigenvalue weighted by molar-refractivity contribution is -0.113. The first-order valence-corrected chi connectivity index (χ1v) is 11.1. The third-order valence-electron chi connectivity index (χ3n) is 3.81. The van der Waals surface area contributed by atoms with E-state index in [1.54, 1.807) is 0 Å². The van der Waals surface area contributed by atoms with Gasteiger partial charge in [0.1, 0.15) is 10.0 Å². The SMILES string of the molecule is Cc1nnc(SCC(=O)Nc2sc3c(c2C(=O)OC(C)C)CCCC3)s1. The molecule has 0 aliphatic heterocycles. The summed E-state index contributed by atoms with van der Waals surface area (Å²) in [6.45, 7) is 5.54. The molecule has 0 bridgehead atoms. The predicted octanol–water partition coefficient (Wildman–Crippen LogP) is 4.08. The number of thiophene rings is 1. The number of fused-ring (bicyclic) bond motifs is 1. The second-order valence-corrected chi connectivity index (χ2v) is 9.80. The first kappa shape index (κ1) is 19.3. The van der Waals surface area contributed by atoms with Crippen molar-refractivity contribution in [2.24, 2.45) is 0 Å². The summed E-state index contributed by atoms with van der Waals surface area (Å²) in [4.78, 5) is 26.2. The van der Waals surface area contributed by atoms with Gasteiger partial charge in [-0.3, -0.25) is 4.79 Å². The maximum atomic E-state index is 12.6. The Balaban J connectivity index is 1.74. The Morgan fingerprint density at radius 3 is 2.69 bits per heavy atom. The van der Waals surface area contributed by atoms with E-state index in [0.29, 0.717) is 10.6 Å². The lowest BCUT2D eigenvalue weighted by atomic mass is 9.95. The Morgan fingerprint density at radius 1 is 1.23 bits per heavy atom. The van der Waals surface area contributed by atoms with E-state index in [2.05, 4.69) is 15.5 Å². The van der Waals surface area contributed by atoms with Crippen LogP contribution in [0.1, 0.15) is 52.5 Å². The molecule has 0 saturated heterocycles. The molecule has 1 aliphatic rings. The standard InChI is InChI=1S/C17H21N3O3S3/c1-9(2)23-16(22)14-11-6-4-5-7-12(11)26-15(14)18-13(21)8-24-17-20-19-10(3)25-17/h9H,4-8H2,1-3H3,(H,18,21). The number of rotatable bonds is 6. The van der Waals surface area contributed by atoms with Crippen molar-refractivity contribution in [3.8, 4) is 0 Å². The van der Waals surface area contributed by atoms with Crippen LogP contribution in [-0.4, -0.2) is 33.9 Å². The molecule has 0 radical (unpaired) electrons. The van der Waals surface area contributed by atoms with Gasteiger partial charge in [-0.05, 0) is 52.0 Å². The molecule has 0 spiro atoms. The highest BCUT2D eigenvalue weighted by Gasteiger charge is 2.27. The molecular formula is C17H21N3O3S3. The van der Waals surface area contributed by atoms with E-state index in [4.69, 9.17) is 4.74 Å². The summed E-state index contributed by atoms with van der Waals surface area (Å²) in [5, 5.41) is 12.3. The van der Waals surface area contributed by atoms with E-state index < -0.39 is 0 Å². The molecular weight excluding hydrogens is 390 g/mol. The van der Waals surface area contributed by atoms with Crippen LogP contribution in [0, 0.1) is 6.92 Å². The zero-order valence-electron chi connectivity index (χ0n) is 15.0. The second kappa shape index (κ2) is 8.49.